The van der Waals surface area contributed by atoms with Crippen molar-refractivity contribution in [3.63, 3.8) is 0 Å². The van der Waals surface area contributed by atoms with E-state index < -0.39 is 0 Å². The van der Waals surface area contributed by atoms with Crippen molar-refractivity contribution in [3.05, 3.63) is 65.2 Å². The van der Waals surface area contributed by atoms with Gasteiger partial charge in [0.2, 0.25) is 0 Å². The summed E-state index contributed by atoms with van der Waals surface area (Å²) in [5, 5.41) is 13.7. The molecule has 2 N–H and O–H groups in total. The minimum atomic E-state index is -0.346. The Morgan fingerprint density at radius 1 is 1.13 bits per heavy atom. The molecule has 0 amide bonds. The smallest absolute Gasteiger partial charge is 0.124 e. The highest BCUT2D eigenvalue weighted by Crippen LogP contribution is 2.37. The molecule has 0 aliphatic heterocycles. The molecule has 0 aromatic heterocycles. The number of aryl methyl sites for hydroxylation is 1. The van der Waals surface area contributed by atoms with Gasteiger partial charge in [-0.15, -0.1) is 0 Å². The summed E-state index contributed by atoms with van der Waals surface area (Å²) in [5.74, 6) is 0.911. The van der Waals surface area contributed by atoms with E-state index in [0.29, 0.717) is 6.54 Å². The van der Waals surface area contributed by atoms with Crippen LogP contribution in [0.1, 0.15) is 37.0 Å². The van der Waals surface area contributed by atoms with Crippen molar-refractivity contribution in [1.82, 2.24) is 5.32 Å². The van der Waals surface area contributed by atoms with Crippen LogP contribution in [0.5, 0.6) is 5.75 Å². The molecular formula is C20H25NO2. The zero-order chi connectivity index (χ0) is 16.3. The van der Waals surface area contributed by atoms with Crippen LogP contribution in [0.2, 0.25) is 0 Å². The molecule has 0 radical (unpaired) electrons. The Balaban J connectivity index is 1.80. The number of hydrogen-bond acceptors (Lipinski definition) is 3. The summed E-state index contributed by atoms with van der Waals surface area (Å²) in [6.07, 6.45) is 2.08. The van der Waals surface area contributed by atoms with Crippen LogP contribution in [-0.4, -0.2) is 17.8 Å². The first kappa shape index (κ1) is 16.0. The second kappa shape index (κ2) is 6.73. The van der Waals surface area contributed by atoms with Crippen molar-refractivity contribution in [2.75, 3.05) is 6.61 Å². The first-order valence-corrected chi connectivity index (χ1v) is 8.33. The van der Waals surface area contributed by atoms with E-state index in [-0.39, 0.29) is 18.2 Å². The summed E-state index contributed by atoms with van der Waals surface area (Å²) in [4.78, 5) is 0. The fourth-order valence-corrected chi connectivity index (χ4v) is 3.37. The van der Waals surface area contributed by atoms with E-state index in [1.165, 1.54) is 11.1 Å². The summed E-state index contributed by atoms with van der Waals surface area (Å²) in [6.45, 7) is 4.86. The second-order valence-electron chi connectivity index (χ2n) is 6.53. The first-order valence-electron chi connectivity index (χ1n) is 8.33. The van der Waals surface area contributed by atoms with Gasteiger partial charge >= 0.3 is 0 Å². The second-order valence-corrected chi connectivity index (χ2v) is 6.53. The molecule has 0 saturated heterocycles. The van der Waals surface area contributed by atoms with Crippen LogP contribution in [-0.2, 0) is 18.5 Å². The van der Waals surface area contributed by atoms with Gasteiger partial charge in [0, 0.05) is 12.1 Å². The van der Waals surface area contributed by atoms with E-state index in [1.807, 2.05) is 38.1 Å². The number of benzene rings is 2. The molecule has 3 heteroatoms. The van der Waals surface area contributed by atoms with Crippen molar-refractivity contribution in [3.8, 4) is 5.75 Å². The molecule has 0 fully saturated rings. The summed E-state index contributed by atoms with van der Waals surface area (Å²) >= 11 is 0. The standard InChI is InChI=1S/C20H25NO2/c1-15(2)23-19-10-6-4-8-17(19)13-21-20(14-22)12-11-16-7-3-5-9-18(16)20/h3-10,15,21-22H,11-14H2,1-2H3. The molecule has 0 spiro atoms. The van der Waals surface area contributed by atoms with Crippen molar-refractivity contribution >= 4 is 0 Å². The largest absolute Gasteiger partial charge is 0.491 e. The Labute approximate surface area is 138 Å². The maximum Gasteiger partial charge on any atom is 0.124 e. The number of aliphatic hydroxyl groups is 1. The average molecular weight is 311 g/mol. The van der Waals surface area contributed by atoms with Crippen LogP contribution in [0.15, 0.2) is 48.5 Å². The van der Waals surface area contributed by atoms with Crippen LogP contribution in [0, 0.1) is 0 Å². The molecule has 23 heavy (non-hydrogen) atoms. The Hall–Kier alpha value is -1.84. The van der Waals surface area contributed by atoms with Gasteiger partial charge in [0.15, 0.2) is 0 Å². The zero-order valence-corrected chi connectivity index (χ0v) is 13.9. The summed E-state index contributed by atoms with van der Waals surface area (Å²) in [7, 11) is 0. The SMILES string of the molecule is CC(C)Oc1ccccc1CNC1(CO)CCc2ccccc21. The summed E-state index contributed by atoms with van der Waals surface area (Å²) < 4.78 is 5.89. The molecule has 1 aliphatic carbocycles. The zero-order valence-electron chi connectivity index (χ0n) is 13.9. The molecule has 1 atom stereocenters. The monoisotopic (exact) mass is 311 g/mol. The Kier molecular flexibility index (Phi) is 4.69. The fraction of sp³-hybridized carbons (Fsp3) is 0.400. The Bertz CT molecular complexity index is 668. The highest BCUT2D eigenvalue weighted by atomic mass is 16.5. The van der Waals surface area contributed by atoms with Crippen LogP contribution in [0.4, 0.5) is 0 Å². The van der Waals surface area contributed by atoms with E-state index in [2.05, 4.69) is 29.6 Å². The van der Waals surface area contributed by atoms with Gasteiger partial charge in [-0.25, -0.2) is 0 Å². The van der Waals surface area contributed by atoms with E-state index >= 15 is 0 Å². The lowest BCUT2D eigenvalue weighted by Gasteiger charge is -2.30. The van der Waals surface area contributed by atoms with Crippen LogP contribution < -0.4 is 10.1 Å². The van der Waals surface area contributed by atoms with Crippen molar-refractivity contribution < 1.29 is 9.84 Å². The minimum Gasteiger partial charge on any atom is -0.491 e. The number of nitrogens with one attached hydrogen (secondary N) is 1. The molecule has 0 heterocycles. The van der Waals surface area contributed by atoms with Crippen LogP contribution in [0.3, 0.4) is 0 Å². The topological polar surface area (TPSA) is 41.5 Å². The fourth-order valence-electron chi connectivity index (χ4n) is 3.37. The van der Waals surface area contributed by atoms with Gasteiger partial charge in [-0.3, -0.25) is 0 Å². The predicted molar refractivity (Wildman–Crippen MR) is 92.6 cm³/mol. The molecule has 0 saturated carbocycles. The van der Waals surface area contributed by atoms with E-state index in [9.17, 15) is 5.11 Å². The molecule has 3 nitrogen and oxygen atoms in total. The normalized spacial score (nSPS) is 19.8. The highest BCUT2D eigenvalue weighted by molar-refractivity contribution is 5.40. The maximum absolute atomic E-state index is 10.1. The molecule has 1 aliphatic rings. The minimum absolute atomic E-state index is 0.108. The van der Waals surface area contributed by atoms with Gasteiger partial charge in [0.1, 0.15) is 5.75 Å². The molecule has 0 bridgehead atoms. The third kappa shape index (κ3) is 3.26. The number of ether oxygens (including phenoxy) is 1. The van der Waals surface area contributed by atoms with Gasteiger partial charge in [0.05, 0.1) is 18.2 Å². The van der Waals surface area contributed by atoms with Crippen molar-refractivity contribution in [2.45, 2.75) is 44.9 Å². The molecule has 1 unspecified atom stereocenters. The molecule has 2 aromatic rings. The average Bonchev–Trinajstić information content (AvgIpc) is 2.93. The summed E-state index contributed by atoms with van der Waals surface area (Å²) in [6, 6.07) is 16.5. The van der Waals surface area contributed by atoms with Gasteiger partial charge in [0.25, 0.3) is 0 Å². The molecule has 2 aromatic carbocycles. The van der Waals surface area contributed by atoms with Crippen molar-refractivity contribution in [1.29, 1.82) is 0 Å². The first-order chi connectivity index (χ1) is 11.1. The molecular weight excluding hydrogens is 286 g/mol. The van der Waals surface area contributed by atoms with Gasteiger partial charge in [-0.2, -0.15) is 0 Å². The number of fused-ring (bicyclic) bond motifs is 1. The number of para-hydroxylation sites is 1. The van der Waals surface area contributed by atoms with Crippen molar-refractivity contribution in [2.24, 2.45) is 0 Å². The highest BCUT2D eigenvalue weighted by Gasteiger charge is 2.37. The predicted octanol–water partition coefficient (Wildman–Crippen LogP) is 3.40. The van der Waals surface area contributed by atoms with Crippen LogP contribution in [0.25, 0.3) is 0 Å². The van der Waals surface area contributed by atoms with Gasteiger partial charge in [-0.05, 0) is 43.9 Å². The van der Waals surface area contributed by atoms with E-state index in [0.717, 1.165) is 24.2 Å². The van der Waals surface area contributed by atoms with E-state index in [1.54, 1.807) is 0 Å². The maximum atomic E-state index is 10.1. The Morgan fingerprint density at radius 2 is 1.87 bits per heavy atom. The lowest BCUT2D eigenvalue weighted by atomic mass is 9.92. The number of hydrogen-bond donors (Lipinski definition) is 2. The van der Waals surface area contributed by atoms with E-state index in [4.69, 9.17) is 4.74 Å². The molecule has 122 valence electrons. The number of rotatable bonds is 6. The lowest BCUT2D eigenvalue weighted by molar-refractivity contribution is 0.157. The van der Waals surface area contributed by atoms with Gasteiger partial charge in [-0.1, -0.05) is 42.5 Å². The van der Waals surface area contributed by atoms with Crippen LogP contribution >= 0.6 is 0 Å². The number of aliphatic hydroxyl groups excluding tert-OH is 1. The third-order valence-electron chi connectivity index (χ3n) is 4.58. The lowest BCUT2D eigenvalue weighted by Crippen LogP contribution is -2.43. The quantitative estimate of drug-likeness (QED) is 0.859. The molecule has 3 rings (SSSR count). The van der Waals surface area contributed by atoms with Gasteiger partial charge < -0.3 is 15.2 Å². The summed E-state index contributed by atoms with van der Waals surface area (Å²) in [5.41, 5.74) is 3.34. The third-order valence-corrected chi connectivity index (χ3v) is 4.58. The Morgan fingerprint density at radius 3 is 2.65 bits per heavy atom.